The smallest absolute Gasteiger partial charge is 0.258 e. The molecule has 0 N–H and O–H groups in total. The fourth-order valence-electron chi connectivity index (χ4n) is 3.16. The monoisotopic (exact) mass is 405 g/mol. The van der Waals surface area contributed by atoms with Crippen LogP contribution in [0.1, 0.15) is 11.1 Å². The van der Waals surface area contributed by atoms with Gasteiger partial charge in [-0.05, 0) is 60.0 Å². The number of hydrogen-bond acceptors (Lipinski definition) is 6. The van der Waals surface area contributed by atoms with Crippen molar-refractivity contribution in [2.45, 2.75) is 13.0 Å². The summed E-state index contributed by atoms with van der Waals surface area (Å²) in [6.45, 7) is 1.38. The van der Waals surface area contributed by atoms with Gasteiger partial charge in [-0.25, -0.2) is 4.98 Å². The molecule has 0 unspecified atom stereocenters. The number of benzene rings is 2. The maximum atomic E-state index is 5.91. The summed E-state index contributed by atoms with van der Waals surface area (Å²) in [5.74, 6) is 1.94. The van der Waals surface area contributed by atoms with Crippen LogP contribution in [0.3, 0.4) is 0 Å². The highest BCUT2D eigenvalue weighted by atomic mass is 35.5. The number of hydrogen-bond donors (Lipinski definition) is 0. The molecular weight excluding hydrogens is 390 g/mol. The van der Waals surface area contributed by atoms with Crippen LogP contribution in [0.25, 0.3) is 23.0 Å². The van der Waals surface area contributed by atoms with Crippen LogP contribution in [0, 0.1) is 0 Å². The van der Waals surface area contributed by atoms with E-state index in [1.807, 2.05) is 24.3 Å². The molecule has 1 aliphatic rings. The summed E-state index contributed by atoms with van der Waals surface area (Å²) in [4.78, 5) is 9.00. The first kappa shape index (κ1) is 17.8. The van der Waals surface area contributed by atoms with Crippen molar-refractivity contribution in [1.82, 2.24) is 15.1 Å². The number of pyridine rings is 1. The van der Waals surface area contributed by atoms with Crippen LogP contribution in [0.5, 0.6) is 11.6 Å². The van der Waals surface area contributed by atoms with Crippen LogP contribution < -0.4 is 4.74 Å². The molecule has 0 radical (unpaired) electrons. The minimum atomic E-state index is 0.405. The molecule has 3 heterocycles. The highest BCUT2D eigenvalue weighted by Gasteiger charge is 2.16. The zero-order valence-corrected chi connectivity index (χ0v) is 16.1. The Bertz CT molecular complexity index is 1160. The Balaban J connectivity index is 1.39. The minimum absolute atomic E-state index is 0.405. The molecule has 4 aromatic rings. The summed E-state index contributed by atoms with van der Waals surface area (Å²) in [6.07, 6.45) is 0.885. The zero-order chi connectivity index (χ0) is 19.6. The first-order chi connectivity index (χ1) is 14.2. The fourth-order valence-corrected chi connectivity index (χ4v) is 3.29. The second-order valence-electron chi connectivity index (χ2n) is 6.63. The molecule has 0 bridgehead atoms. The third-order valence-electron chi connectivity index (χ3n) is 4.64. The van der Waals surface area contributed by atoms with Crippen molar-refractivity contribution >= 4 is 11.6 Å². The van der Waals surface area contributed by atoms with E-state index in [4.69, 9.17) is 25.6 Å². The van der Waals surface area contributed by atoms with Crippen molar-refractivity contribution in [2.24, 2.45) is 0 Å². The molecular formula is C22H16ClN3O3. The average Bonchev–Trinajstić information content (AvgIpc) is 3.26. The molecule has 5 rings (SSSR count). The van der Waals surface area contributed by atoms with E-state index in [1.165, 1.54) is 11.1 Å². The van der Waals surface area contributed by atoms with Gasteiger partial charge in [-0.2, -0.15) is 4.98 Å². The van der Waals surface area contributed by atoms with Crippen molar-refractivity contribution in [1.29, 1.82) is 0 Å². The predicted molar refractivity (Wildman–Crippen MR) is 108 cm³/mol. The molecule has 29 heavy (non-hydrogen) atoms. The number of aromatic nitrogens is 3. The van der Waals surface area contributed by atoms with Gasteiger partial charge in [-0.3, -0.25) is 0 Å². The Kier molecular flexibility index (Phi) is 4.71. The Morgan fingerprint density at radius 1 is 0.931 bits per heavy atom. The van der Waals surface area contributed by atoms with Gasteiger partial charge in [-0.1, -0.05) is 28.9 Å². The Morgan fingerprint density at radius 2 is 1.83 bits per heavy atom. The van der Waals surface area contributed by atoms with Gasteiger partial charge >= 0.3 is 0 Å². The van der Waals surface area contributed by atoms with Gasteiger partial charge in [-0.15, -0.1) is 0 Å². The largest absolute Gasteiger partial charge is 0.439 e. The lowest BCUT2D eigenvalue weighted by Crippen LogP contribution is -2.09. The molecule has 0 fully saturated rings. The van der Waals surface area contributed by atoms with Gasteiger partial charge in [0.05, 0.1) is 13.2 Å². The summed E-state index contributed by atoms with van der Waals surface area (Å²) in [6, 6.07) is 18.6. The zero-order valence-electron chi connectivity index (χ0n) is 15.3. The Labute approximate surface area is 172 Å². The van der Waals surface area contributed by atoms with Crippen molar-refractivity contribution < 1.29 is 14.0 Å². The van der Waals surface area contributed by atoms with E-state index < -0.39 is 0 Å². The highest BCUT2D eigenvalue weighted by Crippen LogP contribution is 2.27. The van der Waals surface area contributed by atoms with Gasteiger partial charge in [0.1, 0.15) is 11.4 Å². The van der Waals surface area contributed by atoms with E-state index in [-0.39, 0.29) is 0 Å². The Morgan fingerprint density at radius 3 is 2.72 bits per heavy atom. The number of fused-ring (bicyclic) bond motifs is 1. The fraction of sp³-hybridized carbons (Fsp3) is 0.136. The van der Waals surface area contributed by atoms with Crippen molar-refractivity contribution in [3.05, 3.63) is 76.8 Å². The molecule has 144 valence electrons. The number of rotatable bonds is 4. The van der Waals surface area contributed by atoms with E-state index in [9.17, 15) is 0 Å². The van der Waals surface area contributed by atoms with Crippen LogP contribution in [-0.4, -0.2) is 21.7 Å². The van der Waals surface area contributed by atoms with E-state index in [2.05, 4.69) is 21.2 Å². The first-order valence-corrected chi connectivity index (χ1v) is 9.57. The molecule has 0 atom stereocenters. The third-order valence-corrected chi connectivity index (χ3v) is 4.89. The second kappa shape index (κ2) is 7.66. The van der Waals surface area contributed by atoms with Crippen molar-refractivity contribution in [2.75, 3.05) is 6.61 Å². The standard InChI is InChI=1S/C22H16ClN3O3/c23-17-6-8-18(9-7-17)28-20-3-1-2-19(24-20)21-25-22(29-26-21)15-4-5-16-13-27-11-10-14(16)12-15/h1-9,12H,10-11,13H2. The quantitative estimate of drug-likeness (QED) is 0.457. The van der Waals surface area contributed by atoms with Crippen LogP contribution >= 0.6 is 11.6 Å². The molecule has 7 heteroatoms. The van der Waals surface area contributed by atoms with Crippen molar-refractivity contribution in [3.63, 3.8) is 0 Å². The lowest BCUT2D eigenvalue weighted by Gasteiger charge is -2.16. The van der Waals surface area contributed by atoms with E-state index in [0.717, 1.165) is 18.6 Å². The summed E-state index contributed by atoms with van der Waals surface area (Å²) < 4.78 is 16.7. The highest BCUT2D eigenvalue weighted by molar-refractivity contribution is 6.30. The molecule has 0 saturated heterocycles. The van der Waals surface area contributed by atoms with Gasteiger partial charge in [0.15, 0.2) is 0 Å². The molecule has 6 nitrogen and oxygen atoms in total. The maximum Gasteiger partial charge on any atom is 0.258 e. The molecule has 0 amide bonds. The summed E-state index contributed by atoms with van der Waals surface area (Å²) in [7, 11) is 0. The van der Waals surface area contributed by atoms with Crippen molar-refractivity contribution in [3.8, 4) is 34.6 Å². The number of nitrogens with zero attached hydrogens (tertiary/aromatic N) is 3. The van der Waals surface area contributed by atoms with Crippen LogP contribution in [0.2, 0.25) is 5.02 Å². The van der Waals surface area contributed by atoms with Gasteiger partial charge in [0.2, 0.25) is 11.7 Å². The van der Waals surface area contributed by atoms with Gasteiger partial charge in [0, 0.05) is 16.7 Å². The first-order valence-electron chi connectivity index (χ1n) is 9.19. The normalized spacial score (nSPS) is 13.1. The van der Waals surface area contributed by atoms with Gasteiger partial charge < -0.3 is 14.0 Å². The SMILES string of the molecule is Clc1ccc(Oc2cccc(-c3noc(-c4ccc5c(c4)CCOC5)n3)n2)cc1. The molecule has 0 saturated carbocycles. The van der Waals surface area contributed by atoms with Crippen LogP contribution in [0.4, 0.5) is 0 Å². The molecule has 1 aliphatic heterocycles. The lowest BCUT2D eigenvalue weighted by atomic mass is 10.0. The Hall–Kier alpha value is -3.22. The average molecular weight is 406 g/mol. The van der Waals surface area contributed by atoms with E-state index in [0.29, 0.717) is 40.7 Å². The molecule has 0 aliphatic carbocycles. The van der Waals surface area contributed by atoms with E-state index in [1.54, 1.807) is 30.3 Å². The molecule has 2 aromatic heterocycles. The molecule has 2 aromatic carbocycles. The maximum absolute atomic E-state index is 5.91. The minimum Gasteiger partial charge on any atom is -0.439 e. The third kappa shape index (κ3) is 3.85. The summed E-state index contributed by atoms with van der Waals surface area (Å²) in [5.41, 5.74) is 3.91. The topological polar surface area (TPSA) is 70.3 Å². The van der Waals surface area contributed by atoms with E-state index >= 15 is 0 Å². The molecule has 0 spiro atoms. The summed E-state index contributed by atoms with van der Waals surface area (Å²) >= 11 is 5.91. The summed E-state index contributed by atoms with van der Waals surface area (Å²) in [5, 5.41) is 4.73. The van der Waals surface area contributed by atoms with Crippen LogP contribution in [0.15, 0.2) is 65.2 Å². The van der Waals surface area contributed by atoms with Gasteiger partial charge in [0.25, 0.3) is 5.89 Å². The lowest BCUT2D eigenvalue weighted by molar-refractivity contribution is 0.111. The second-order valence-corrected chi connectivity index (χ2v) is 7.06. The predicted octanol–water partition coefficient (Wildman–Crippen LogP) is 5.32. The number of ether oxygens (including phenoxy) is 2. The van der Waals surface area contributed by atoms with Crippen LogP contribution in [-0.2, 0) is 17.8 Å². The number of halogens is 1.